The van der Waals surface area contributed by atoms with Gasteiger partial charge in [0.15, 0.2) is 0 Å². The van der Waals surface area contributed by atoms with Crippen LogP contribution in [0.25, 0.3) is 11.8 Å². The highest BCUT2D eigenvalue weighted by Crippen LogP contribution is 2.12. The van der Waals surface area contributed by atoms with Crippen LogP contribution in [0.4, 0.5) is 0 Å². The van der Waals surface area contributed by atoms with Crippen molar-refractivity contribution in [3.63, 3.8) is 0 Å². The molecule has 2 rings (SSSR count). The van der Waals surface area contributed by atoms with E-state index >= 15 is 0 Å². The Balaban J connectivity index is 2.31. The van der Waals surface area contributed by atoms with Gasteiger partial charge in [0.1, 0.15) is 24.4 Å². The van der Waals surface area contributed by atoms with E-state index in [0.717, 1.165) is 17.5 Å². The van der Waals surface area contributed by atoms with Crippen LogP contribution in [0.1, 0.15) is 11.1 Å². The molecule has 0 amide bonds. The fourth-order valence-electron chi connectivity index (χ4n) is 1.65. The number of nitrogens with two attached hydrogens (primary N) is 1. The molecule has 0 saturated heterocycles. The first-order valence-electron chi connectivity index (χ1n) is 5.59. The van der Waals surface area contributed by atoms with Crippen LogP contribution in [0.15, 0.2) is 36.9 Å². The highest BCUT2D eigenvalue weighted by molar-refractivity contribution is 5.78. The van der Waals surface area contributed by atoms with Crippen LogP contribution < -0.4 is 5.73 Å². The van der Waals surface area contributed by atoms with Gasteiger partial charge in [-0.05, 0) is 30.2 Å². The Morgan fingerprint density at radius 3 is 3.06 bits per heavy atom. The SMILES string of the molecule is N#CC(=Cc1cccc(CCN)c1)n1cncn1. The molecule has 1 heterocycles. The van der Waals surface area contributed by atoms with Crippen LogP contribution in [-0.2, 0) is 6.42 Å². The summed E-state index contributed by atoms with van der Waals surface area (Å²) in [4.78, 5) is 3.82. The van der Waals surface area contributed by atoms with Crippen molar-refractivity contribution in [2.24, 2.45) is 5.73 Å². The van der Waals surface area contributed by atoms with Gasteiger partial charge in [0.2, 0.25) is 0 Å². The molecule has 18 heavy (non-hydrogen) atoms. The predicted octanol–water partition coefficient (Wildman–Crippen LogP) is 1.30. The summed E-state index contributed by atoms with van der Waals surface area (Å²) in [6, 6.07) is 10.0. The van der Waals surface area contributed by atoms with E-state index in [1.165, 1.54) is 17.3 Å². The Labute approximate surface area is 105 Å². The molecule has 5 heteroatoms. The summed E-state index contributed by atoms with van der Waals surface area (Å²) in [6.07, 6.45) is 5.50. The second-order valence-corrected chi connectivity index (χ2v) is 3.77. The van der Waals surface area contributed by atoms with E-state index in [1.54, 1.807) is 6.08 Å². The zero-order valence-electron chi connectivity index (χ0n) is 9.82. The summed E-state index contributed by atoms with van der Waals surface area (Å²) in [5.41, 5.74) is 8.06. The number of aromatic nitrogens is 3. The second kappa shape index (κ2) is 5.75. The summed E-state index contributed by atoms with van der Waals surface area (Å²) >= 11 is 0. The van der Waals surface area contributed by atoms with Gasteiger partial charge in [0, 0.05) is 0 Å². The minimum atomic E-state index is 0.428. The number of rotatable bonds is 4. The van der Waals surface area contributed by atoms with Gasteiger partial charge in [-0.3, -0.25) is 0 Å². The molecule has 0 radical (unpaired) electrons. The summed E-state index contributed by atoms with van der Waals surface area (Å²) in [5.74, 6) is 0. The van der Waals surface area contributed by atoms with Crippen molar-refractivity contribution in [1.82, 2.24) is 14.8 Å². The Bertz CT molecular complexity index is 578. The zero-order chi connectivity index (χ0) is 12.8. The summed E-state index contributed by atoms with van der Waals surface area (Å²) in [6.45, 7) is 0.612. The van der Waals surface area contributed by atoms with Crippen LogP contribution in [0, 0.1) is 11.3 Å². The molecule has 5 nitrogen and oxygen atoms in total. The number of nitriles is 1. The molecule has 2 aromatic rings. The maximum Gasteiger partial charge on any atom is 0.144 e. The highest BCUT2D eigenvalue weighted by atomic mass is 15.3. The first-order valence-corrected chi connectivity index (χ1v) is 5.59. The maximum absolute atomic E-state index is 9.10. The van der Waals surface area contributed by atoms with Crippen molar-refractivity contribution in [3.05, 3.63) is 48.0 Å². The van der Waals surface area contributed by atoms with Gasteiger partial charge >= 0.3 is 0 Å². The largest absolute Gasteiger partial charge is 0.330 e. The number of hydrogen-bond acceptors (Lipinski definition) is 4. The monoisotopic (exact) mass is 239 g/mol. The van der Waals surface area contributed by atoms with Crippen LogP contribution in [0.2, 0.25) is 0 Å². The molecule has 0 unspecified atom stereocenters. The minimum absolute atomic E-state index is 0.428. The van der Waals surface area contributed by atoms with Gasteiger partial charge in [-0.1, -0.05) is 24.3 Å². The van der Waals surface area contributed by atoms with Gasteiger partial charge in [0.25, 0.3) is 0 Å². The van der Waals surface area contributed by atoms with Crippen LogP contribution in [-0.4, -0.2) is 21.3 Å². The third kappa shape index (κ3) is 2.81. The van der Waals surface area contributed by atoms with E-state index in [1.807, 2.05) is 24.3 Å². The molecular weight excluding hydrogens is 226 g/mol. The minimum Gasteiger partial charge on any atom is -0.330 e. The summed E-state index contributed by atoms with van der Waals surface area (Å²) in [5, 5.41) is 13.0. The highest BCUT2D eigenvalue weighted by Gasteiger charge is 2.00. The smallest absolute Gasteiger partial charge is 0.144 e. The van der Waals surface area contributed by atoms with Gasteiger partial charge in [0.05, 0.1) is 0 Å². The van der Waals surface area contributed by atoms with E-state index in [4.69, 9.17) is 11.0 Å². The topological polar surface area (TPSA) is 80.5 Å². The Morgan fingerprint density at radius 1 is 1.50 bits per heavy atom. The zero-order valence-corrected chi connectivity index (χ0v) is 9.82. The molecule has 1 aromatic carbocycles. The number of nitrogens with zero attached hydrogens (tertiary/aromatic N) is 4. The summed E-state index contributed by atoms with van der Waals surface area (Å²) < 4.78 is 1.44. The van der Waals surface area contributed by atoms with Gasteiger partial charge in [-0.2, -0.15) is 10.4 Å². The lowest BCUT2D eigenvalue weighted by Crippen LogP contribution is -2.02. The molecule has 0 aliphatic heterocycles. The predicted molar refractivity (Wildman–Crippen MR) is 69.0 cm³/mol. The Kier molecular flexibility index (Phi) is 3.84. The van der Waals surface area contributed by atoms with Crippen LogP contribution in [0.5, 0.6) is 0 Å². The van der Waals surface area contributed by atoms with Gasteiger partial charge in [-0.15, -0.1) is 0 Å². The average molecular weight is 239 g/mol. The molecule has 1 aromatic heterocycles. The van der Waals surface area contributed by atoms with E-state index in [0.29, 0.717) is 12.2 Å². The molecule has 0 aliphatic carbocycles. The molecule has 0 bridgehead atoms. The molecule has 0 fully saturated rings. The van der Waals surface area contributed by atoms with Crippen molar-refractivity contribution in [2.45, 2.75) is 6.42 Å². The average Bonchev–Trinajstić information content (AvgIpc) is 2.90. The van der Waals surface area contributed by atoms with E-state index in [2.05, 4.69) is 16.2 Å². The standard InChI is InChI=1S/C13H13N5/c14-5-4-11-2-1-3-12(6-11)7-13(8-15)18-10-16-9-17-18/h1-3,6-7,9-10H,4-5,14H2. The first-order chi connectivity index (χ1) is 8.83. The van der Waals surface area contributed by atoms with Crippen molar-refractivity contribution in [2.75, 3.05) is 6.54 Å². The first kappa shape index (κ1) is 12.0. The second-order valence-electron chi connectivity index (χ2n) is 3.77. The van der Waals surface area contributed by atoms with Gasteiger partial charge in [-0.25, -0.2) is 9.67 Å². The van der Waals surface area contributed by atoms with Crippen molar-refractivity contribution in [3.8, 4) is 6.07 Å². The molecule has 0 aliphatic rings. The van der Waals surface area contributed by atoms with E-state index < -0.39 is 0 Å². The molecule has 2 N–H and O–H groups in total. The lowest BCUT2D eigenvalue weighted by atomic mass is 10.1. The maximum atomic E-state index is 9.10. The van der Waals surface area contributed by atoms with Crippen molar-refractivity contribution < 1.29 is 0 Å². The van der Waals surface area contributed by atoms with E-state index in [-0.39, 0.29) is 0 Å². The number of allylic oxidation sites excluding steroid dienone is 1. The van der Waals surface area contributed by atoms with Gasteiger partial charge < -0.3 is 5.73 Å². The fourth-order valence-corrected chi connectivity index (χ4v) is 1.65. The molecule has 0 spiro atoms. The summed E-state index contributed by atoms with van der Waals surface area (Å²) in [7, 11) is 0. The Hall–Kier alpha value is -2.45. The van der Waals surface area contributed by atoms with Crippen LogP contribution in [0.3, 0.4) is 0 Å². The lowest BCUT2D eigenvalue weighted by Gasteiger charge is -2.01. The number of benzene rings is 1. The van der Waals surface area contributed by atoms with Crippen molar-refractivity contribution >= 4 is 11.8 Å². The third-order valence-electron chi connectivity index (χ3n) is 2.47. The van der Waals surface area contributed by atoms with Crippen molar-refractivity contribution in [1.29, 1.82) is 5.26 Å². The Morgan fingerprint density at radius 2 is 2.39 bits per heavy atom. The third-order valence-corrected chi connectivity index (χ3v) is 2.47. The lowest BCUT2D eigenvalue weighted by molar-refractivity contribution is 0.914. The molecular formula is C13H13N5. The number of hydrogen-bond donors (Lipinski definition) is 1. The normalized spacial score (nSPS) is 11.2. The van der Waals surface area contributed by atoms with Crippen LogP contribution >= 0.6 is 0 Å². The molecule has 0 atom stereocenters. The molecule has 90 valence electrons. The van der Waals surface area contributed by atoms with E-state index in [9.17, 15) is 0 Å². The fraction of sp³-hybridized carbons (Fsp3) is 0.154. The quantitative estimate of drug-likeness (QED) is 0.815. The molecule has 0 saturated carbocycles.